The van der Waals surface area contributed by atoms with Crippen LogP contribution in [0.15, 0.2) is 61.4 Å². The second kappa shape index (κ2) is 14.9. The van der Waals surface area contributed by atoms with Gasteiger partial charge in [0.2, 0.25) is 11.8 Å². The predicted molar refractivity (Wildman–Crippen MR) is 184 cm³/mol. The van der Waals surface area contributed by atoms with Crippen molar-refractivity contribution >= 4 is 52.4 Å². The SMILES string of the molecule is CN[C@@H](C)C(=O)N[C@H](C(=O)N1CCC[C@H]1C(=O)Cc1cc2c(Nc3ccc(-n4ccnc4)cc3)ncnc2cc1OC)C(C)(C)C.Cl. The highest BCUT2D eigenvalue weighted by Crippen LogP contribution is 2.32. The van der Waals surface area contributed by atoms with E-state index in [-0.39, 0.29) is 36.4 Å². The molecular weight excluding hydrogens is 620 g/mol. The van der Waals surface area contributed by atoms with Gasteiger partial charge in [-0.2, -0.15) is 0 Å². The smallest absolute Gasteiger partial charge is 0.246 e. The van der Waals surface area contributed by atoms with E-state index in [9.17, 15) is 14.4 Å². The highest BCUT2D eigenvalue weighted by atomic mass is 35.5. The molecule has 13 heteroatoms. The Labute approximate surface area is 281 Å². The van der Waals surface area contributed by atoms with Crippen molar-refractivity contribution in [2.24, 2.45) is 5.41 Å². The zero-order valence-electron chi connectivity index (χ0n) is 27.6. The largest absolute Gasteiger partial charge is 0.496 e. The van der Waals surface area contributed by atoms with Crippen molar-refractivity contribution in [3.05, 3.63) is 67.0 Å². The summed E-state index contributed by atoms with van der Waals surface area (Å²) in [6, 6.07) is 9.71. The van der Waals surface area contributed by atoms with Crippen LogP contribution in [0.4, 0.5) is 11.5 Å². The highest BCUT2D eigenvalue weighted by Gasteiger charge is 2.42. The summed E-state index contributed by atoms with van der Waals surface area (Å²) < 4.78 is 7.60. The molecule has 0 saturated carbocycles. The van der Waals surface area contributed by atoms with Crippen molar-refractivity contribution in [1.82, 2.24) is 35.1 Å². The molecule has 4 aromatic rings. The summed E-state index contributed by atoms with van der Waals surface area (Å²) >= 11 is 0. The number of anilines is 2. The minimum atomic E-state index is -0.779. The Morgan fingerprint density at radius 3 is 2.49 bits per heavy atom. The van der Waals surface area contributed by atoms with E-state index in [2.05, 4.69) is 30.9 Å². The van der Waals surface area contributed by atoms with Gasteiger partial charge in [0.1, 0.15) is 23.9 Å². The molecule has 3 heterocycles. The molecule has 47 heavy (non-hydrogen) atoms. The number of benzene rings is 2. The number of ether oxygens (including phenoxy) is 1. The molecule has 0 unspecified atom stereocenters. The first-order chi connectivity index (χ1) is 22.0. The molecule has 0 aliphatic carbocycles. The molecule has 3 atom stereocenters. The number of halogens is 1. The molecule has 2 aromatic heterocycles. The van der Waals surface area contributed by atoms with E-state index in [0.29, 0.717) is 42.0 Å². The number of likely N-dealkylation sites (tertiary alicyclic amines) is 1. The third-order valence-electron chi connectivity index (χ3n) is 8.47. The maximum Gasteiger partial charge on any atom is 0.246 e. The molecule has 1 saturated heterocycles. The number of rotatable bonds is 11. The van der Waals surface area contributed by atoms with E-state index in [0.717, 1.165) is 16.8 Å². The van der Waals surface area contributed by atoms with Gasteiger partial charge in [-0.3, -0.25) is 14.4 Å². The monoisotopic (exact) mass is 662 g/mol. The van der Waals surface area contributed by atoms with Gasteiger partial charge in [-0.1, -0.05) is 20.8 Å². The lowest BCUT2D eigenvalue weighted by molar-refractivity contribution is -0.143. The Balaban J connectivity index is 0.00000500. The summed E-state index contributed by atoms with van der Waals surface area (Å²) in [7, 11) is 3.26. The van der Waals surface area contributed by atoms with Crippen molar-refractivity contribution in [2.75, 3.05) is 26.0 Å². The molecule has 2 aromatic carbocycles. The number of amides is 2. The number of hydrogen-bond donors (Lipinski definition) is 3. The molecule has 3 N–H and O–H groups in total. The number of aromatic nitrogens is 4. The molecule has 1 fully saturated rings. The molecule has 250 valence electrons. The number of Topliss-reactive ketones (excluding diaryl/α,β-unsaturated/α-hetero) is 1. The Hall–Kier alpha value is -4.55. The topological polar surface area (TPSA) is 143 Å². The first-order valence-corrected chi connectivity index (χ1v) is 15.5. The fourth-order valence-electron chi connectivity index (χ4n) is 5.71. The fourth-order valence-corrected chi connectivity index (χ4v) is 5.71. The Morgan fingerprint density at radius 1 is 1.11 bits per heavy atom. The van der Waals surface area contributed by atoms with Crippen LogP contribution in [-0.4, -0.2) is 80.8 Å². The Kier molecular flexibility index (Phi) is 11.2. The standard InChI is InChI=1S/C34H42N8O4.ClH/c1-21(35-5)32(44)40-30(34(2,3)4)33(45)42-14-7-8-27(42)28(43)17-22-16-25-26(18-29(22)46-6)37-19-38-31(25)39-23-9-11-24(12-10-23)41-15-13-36-20-41;/h9-13,15-16,18-21,27,30,35H,7-8,14,17H2,1-6H3,(H,40,44)(H,37,38,39);1H/t21-,27-,30+;/m0./s1. The van der Waals surface area contributed by atoms with Crippen LogP contribution in [0.2, 0.25) is 0 Å². The normalized spacial score (nSPS) is 15.9. The highest BCUT2D eigenvalue weighted by molar-refractivity contribution is 5.97. The van der Waals surface area contributed by atoms with Gasteiger partial charge in [0, 0.05) is 53.8 Å². The first-order valence-electron chi connectivity index (χ1n) is 15.5. The van der Waals surface area contributed by atoms with Gasteiger partial charge in [0.05, 0.1) is 31.0 Å². The van der Waals surface area contributed by atoms with Crippen LogP contribution in [-0.2, 0) is 20.8 Å². The molecule has 0 radical (unpaired) electrons. The second-order valence-corrected chi connectivity index (χ2v) is 12.7. The van der Waals surface area contributed by atoms with Crippen LogP contribution in [0, 0.1) is 5.41 Å². The number of hydrogen-bond acceptors (Lipinski definition) is 9. The van der Waals surface area contributed by atoms with Crippen molar-refractivity contribution in [3.63, 3.8) is 0 Å². The van der Waals surface area contributed by atoms with Gasteiger partial charge >= 0.3 is 0 Å². The number of nitrogens with one attached hydrogen (secondary N) is 3. The average Bonchev–Trinajstić information content (AvgIpc) is 3.76. The van der Waals surface area contributed by atoms with Crippen molar-refractivity contribution in [2.45, 2.75) is 65.1 Å². The number of carbonyl (C=O) groups excluding carboxylic acids is 3. The summed E-state index contributed by atoms with van der Waals surface area (Å²) in [5, 5.41) is 9.94. The second-order valence-electron chi connectivity index (χ2n) is 12.7. The van der Waals surface area contributed by atoms with Crippen LogP contribution >= 0.6 is 12.4 Å². The summed E-state index contributed by atoms with van der Waals surface area (Å²) in [5.74, 6) is 0.525. The number of methoxy groups -OCH3 is 1. The van der Waals surface area contributed by atoms with E-state index < -0.39 is 23.5 Å². The maximum atomic E-state index is 13.9. The number of carbonyl (C=O) groups is 3. The molecule has 0 bridgehead atoms. The lowest BCUT2D eigenvalue weighted by Gasteiger charge is -2.36. The predicted octanol–water partition coefficient (Wildman–Crippen LogP) is 4.23. The lowest BCUT2D eigenvalue weighted by atomic mass is 9.85. The summed E-state index contributed by atoms with van der Waals surface area (Å²) in [5.41, 5.74) is 2.60. The summed E-state index contributed by atoms with van der Waals surface area (Å²) in [6.07, 6.45) is 8.16. The molecule has 1 aliphatic heterocycles. The Morgan fingerprint density at radius 2 is 1.85 bits per heavy atom. The van der Waals surface area contributed by atoms with E-state index in [1.165, 1.54) is 6.33 Å². The zero-order chi connectivity index (χ0) is 33.0. The first kappa shape index (κ1) is 35.3. The van der Waals surface area contributed by atoms with Crippen LogP contribution in [0.3, 0.4) is 0 Å². The number of fused-ring (bicyclic) bond motifs is 1. The van der Waals surface area contributed by atoms with Crippen molar-refractivity contribution < 1.29 is 19.1 Å². The molecule has 2 amide bonds. The fraction of sp³-hybridized carbons (Fsp3) is 0.412. The number of likely N-dealkylation sites (N-methyl/N-ethyl adjacent to an activating group) is 1. The molecular formula is C34H43ClN8O4. The van der Waals surface area contributed by atoms with Gasteiger partial charge in [-0.15, -0.1) is 12.4 Å². The number of ketones is 1. The van der Waals surface area contributed by atoms with Crippen LogP contribution in [0.25, 0.3) is 16.6 Å². The lowest BCUT2D eigenvalue weighted by Crippen LogP contribution is -2.58. The van der Waals surface area contributed by atoms with Crippen molar-refractivity contribution in [3.8, 4) is 11.4 Å². The molecule has 1 aliphatic rings. The molecule has 0 spiro atoms. The third kappa shape index (κ3) is 7.88. The minimum Gasteiger partial charge on any atom is -0.496 e. The van der Waals surface area contributed by atoms with E-state index in [1.54, 1.807) is 44.6 Å². The van der Waals surface area contributed by atoms with Gasteiger partial charge in [0.15, 0.2) is 5.78 Å². The zero-order valence-corrected chi connectivity index (χ0v) is 28.4. The van der Waals surface area contributed by atoms with Gasteiger partial charge < -0.3 is 30.2 Å². The quantitative estimate of drug-likeness (QED) is 0.215. The van der Waals surface area contributed by atoms with Gasteiger partial charge in [-0.25, -0.2) is 15.0 Å². The maximum absolute atomic E-state index is 13.9. The molecule has 12 nitrogen and oxygen atoms in total. The minimum absolute atomic E-state index is 0. The average molecular weight is 663 g/mol. The Bertz CT molecular complexity index is 1710. The van der Waals surface area contributed by atoms with Crippen LogP contribution < -0.4 is 20.7 Å². The van der Waals surface area contributed by atoms with Gasteiger partial charge in [-0.05, 0) is 62.6 Å². The summed E-state index contributed by atoms with van der Waals surface area (Å²) in [6.45, 7) is 7.93. The molecule has 5 rings (SSSR count). The van der Waals surface area contributed by atoms with E-state index in [4.69, 9.17) is 4.74 Å². The third-order valence-corrected chi connectivity index (χ3v) is 8.47. The summed E-state index contributed by atoms with van der Waals surface area (Å²) in [4.78, 5) is 55.2. The number of nitrogens with zero attached hydrogens (tertiary/aromatic N) is 5. The van der Waals surface area contributed by atoms with E-state index >= 15 is 0 Å². The van der Waals surface area contributed by atoms with E-state index in [1.807, 2.05) is 61.9 Å². The van der Waals surface area contributed by atoms with Gasteiger partial charge in [0.25, 0.3) is 0 Å². The number of imidazole rings is 1. The van der Waals surface area contributed by atoms with Crippen LogP contribution in [0.1, 0.15) is 46.1 Å². The van der Waals surface area contributed by atoms with Crippen LogP contribution in [0.5, 0.6) is 5.75 Å². The van der Waals surface area contributed by atoms with Crippen molar-refractivity contribution in [1.29, 1.82) is 0 Å².